The van der Waals surface area contributed by atoms with E-state index in [-0.39, 0.29) is 12.6 Å². The smallest absolute Gasteiger partial charge is 0.257 e. The van der Waals surface area contributed by atoms with Crippen LogP contribution in [0.25, 0.3) is 0 Å². The average molecular weight is 396 g/mol. The van der Waals surface area contributed by atoms with Crippen molar-refractivity contribution in [3.05, 3.63) is 63.1 Å². The van der Waals surface area contributed by atoms with E-state index in [2.05, 4.69) is 10.1 Å². The van der Waals surface area contributed by atoms with Crippen LogP contribution in [0.15, 0.2) is 24.3 Å². The molecule has 0 saturated carbocycles. The van der Waals surface area contributed by atoms with Crippen LogP contribution in [-0.2, 0) is 11.2 Å². The van der Waals surface area contributed by atoms with E-state index in [4.69, 9.17) is 23.2 Å². The van der Waals surface area contributed by atoms with E-state index in [1.165, 1.54) is 0 Å². The number of benzene rings is 2. The van der Waals surface area contributed by atoms with Crippen molar-refractivity contribution in [2.75, 3.05) is 13.2 Å². The number of hydrogen-bond acceptors (Lipinski definition) is 2. The molecule has 1 amide bonds. The number of carbonyl (C=O) groups excluding carboxylic acids is 1. The van der Waals surface area contributed by atoms with Crippen LogP contribution in [0.3, 0.4) is 0 Å². The molecule has 0 aliphatic heterocycles. The van der Waals surface area contributed by atoms with E-state index in [9.17, 15) is 22.4 Å². The molecule has 2 aromatic carbocycles. The normalized spacial score (nSPS) is 10.6. The first-order chi connectivity index (χ1) is 11.8. The maximum Gasteiger partial charge on any atom is 0.257 e. The number of ether oxygens (including phenoxy) is 1. The summed E-state index contributed by atoms with van der Waals surface area (Å²) in [4.78, 5) is 11.6. The molecule has 9 heteroatoms. The summed E-state index contributed by atoms with van der Waals surface area (Å²) in [5.74, 6) is -8.67. The van der Waals surface area contributed by atoms with E-state index in [0.29, 0.717) is 16.5 Å². The van der Waals surface area contributed by atoms with E-state index in [1.54, 1.807) is 18.2 Å². The number of carbonyl (C=O) groups is 1. The van der Waals surface area contributed by atoms with E-state index >= 15 is 0 Å². The van der Waals surface area contributed by atoms with Crippen LogP contribution < -0.4 is 10.1 Å². The number of hydrogen-bond donors (Lipinski definition) is 1. The van der Waals surface area contributed by atoms with Gasteiger partial charge in [0.15, 0.2) is 24.0 Å². The second-order valence-corrected chi connectivity index (χ2v) is 5.77. The minimum absolute atomic E-state index is 0.0491. The molecule has 25 heavy (non-hydrogen) atoms. The Morgan fingerprint density at radius 3 is 2.28 bits per heavy atom. The van der Waals surface area contributed by atoms with Crippen molar-refractivity contribution in [3.63, 3.8) is 0 Å². The second-order valence-electron chi connectivity index (χ2n) is 4.92. The van der Waals surface area contributed by atoms with Crippen LogP contribution in [0.5, 0.6) is 5.75 Å². The molecule has 0 aliphatic rings. The Morgan fingerprint density at radius 1 is 1.04 bits per heavy atom. The molecule has 0 atom stereocenters. The second kappa shape index (κ2) is 8.40. The first kappa shape index (κ1) is 19.3. The highest BCUT2D eigenvalue weighted by molar-refractivity contribution is 6.35. The fourth-order valence-electron chi connectivity index (χ4n) is 1.93. The van der Waals surface area contributed by atoms with Gasteiger partial charge in [0.25, 0.3) is 5.91 Å². The van der Waals surface area contributed by atoms with Gasteiger partial charge in [0.1, 0.15) is 0 Å². The summed E-state index contributed by atoms with van der Waals surface area (Å²) in [6, 6.07) is 4.92. The van der Waals surface area contributed by atoms with Gasteiger partial charge in [-0.3, -0.25) is 4.79 Å². The van der Waals surface area contributed by atoms with Crippen LogP contribution in [0.4, 0.5) is 17.6 Å². The Balaban J connectivity index is 1.87. The summed E-state index contributed by atoms with van der Waals surface area (Å²) >= 11 is 11.7. The molecule has 0 fully saturated rings. The Hall–Kier alpha value is -1.99. The highest BCUT2D eigenvalue weighted by Crippen LogP contribution is 2.26. The molecule has 0 heterocycles. The Kier molecular flexibility index (Phi) is 6.50. The SMILES string of the molecule is O=C(COc1c(F)c(F)cc(F)c1F)NCCc1ccc(Cl)cc1Cl. The van der Waals surface area contributed by atoms with Gasteiger partial charge in [-0.1, -0.05) is 29.3 Å². The average Bonchev–Trinajstić information content (AvgIpc) is 2.55. The van der Waals surface area contributed by atoms with Crippen LogP contribution in [0.1, 0.15) is 5.56 Å². The van der Waals surface area contributed by atoms with Crippen LogP contribution >= 0.6 is 23.2 Å². The van der Waals surface area contributed by atoms with Gasteiger partial charge in [0.05, 0.1) is 0 Å². The number of rotatable bonds is 6. The summed E-state index contributed by atoms with van der Waals surface area (Å²) < 4.78 is 57.3. The Labute approximate surface area is 150 Å². The molecule has 0 aromatic heterocycles. The van der Waals surface area contributed by atoms with Gasteiger partial charge in [-0.25, -0.2) is 8.78 Å². The minimum Gasteiger partial charge on any atom is -0.477 e. The first-order valence-corrected chi connectivity index (χ1v) is 7.71. The molecule has 2 rings (SSSR count). The zero-order valence-electron chi connectivity index (χ0n) is 12.5. The molecule has 0 spiro atoms. The lowest BCUT2D eigenvalue weighted by Gasteiger charge is -2.10. The molecular weight excluding hydrogens is 385 g/mol. The third-order valence-electron chi connectivity index (χ3n) is 3.15. The van der Waals surface area contributed by atoms with Gasteiger partial charge < -0.3 is 10.1 Å². The van der Waals surface area contributed by atoms with Crippen molar-refractivity contribution in [1.29, 1.82) is 0 Å². The van der Waals surface area contributed by atoms with Crippen molar-refractivity contribution in [2.45, 2.75) is 6.42 Å². The third kappa shape index (κ3) is 4.99. The summed E-state index contributed by atoms with van der Waals surface area (Å²) in [6.07, 6.45) is 0.374. The van der Waals surface area contributed by atoms with Gasteiger partial charge >= 0.3 is 0 Å². The molecule has 0 radical (unpaired) electrons. The lowest BCUT2D eigenvalue weighted by atomic mass is 10.1. The topological polar surface area (TPSA) is 38.3 Å². The number of amides is 1. The summed E-state index contributed by atoms with van der Waals surface area (Å²) in [5.41, 5.74) is 0.733. The standard InChI is InChI=1S/C16H11Cl2F4NO2/c17-9-2-1-8(10(18)5-9)3-4-23-13(24)7-25-16-14(21)11(19)6-12(20)15(16)22/h1-2,5-6H,3-4,7H2,(H,23,24). The molecule has 0 bridgehead atoms. The molecule has 1 N–H and O–H groups in total. The van der Waals surface area contributed by atoms with E-state index in [1.807, 2.05) is 0 Å². The number of nitrogens with one attached hydrogen (secondary N) is 1. The van der Waals surface area contributed by atoms with E-state index < -0.39 is 41.5 Å². The van der Waals surface area contributed by atoms with Gasteiger partial charge in [0, 0.05) is 22.7 Å². The van der Waals surface area contributed by atoms with Gasteiger partial charge in [-0.05, 0) is 24.1 Å². The third-order valence-corrected chi connectivity index (χ3v) is 3.74. The monoisotopic (exact) mass is 395 g/mol. The maximum atomic E-state index is 13.4. The predicted octanol–water partition coefficient (Wildman–Crippen LogP) is 4.29. The largest absolute Gasteiger partial charge is 0.477 e. The van der Waals surface area contributed by atoms with Crippen LogP contribution in [0, 0.1) is 23.3 Å². The molecule has 0 unspecified atom stereocenters. The van der Waals surface area contributed by atoms with Crippen LogP contribution in [0.2, 0.25) is 10.0 Å². The molecular formula is C16H11Cl2F4NO2. The summed E-state index contributed by atoms with van der Waals surface area (Å²) in [6.45, 7) is -0.656. The van der Waals surface area contributed by atoms with Crippen molar-refractivity contribution in [1.82, 2.24) is 5.32 Å². The Morgan fingerprint density at radius 2 is 1.68 bits per heavy atom. The summed E-state index contributed by atoms with van der Waals surface area (Å²) in [7, 11) is 0. The maximum absolute atomic E-state index is 13.4. The van der Waals surface area contributed by atoms with Crippen molar-refractivity contribution >= 4 is 29.1 Å². The quantitative estimate of drug-likeness (QED) is 0.585. The van der Waals surface area contributed by atoms with Crippen molar-refractivity contribution in [3.8, 4) is 5.75 Å². The highest BCUT2D eigenvalue weighted by Gasteiger charge is 2.21. The fraction of sp³-hybridized carbons (Fsp3) is 0.188. The molecule has 0 saturated heterocycles. The van der Waals surface area contributed by atoms with Gasteiger partial charge in [-0.15, -0.1) is 0 Å². The molecule has 2 aromatic rings. The predicted molar refractivity (Wildman–Crippen MR) is 84.9 cm³/mol. The van der Waals surface area contributed by atoms with Crippen LogP contribution in [-0.4, -0.2) is 19.1 Å². The first-order valence-electron chi connectivity index (χ1n) is 6.96. The molecule has 0 aliphatic carbocycles. The molecule has 3 nitrogen and oxygen atoms in total. The highest BCUT2D eigenvalue weighted by atomic mass is 35.5. The zero-order chi connectivity index (χ0) is 18.6. The Bertz CT molecular complexity index is 776. The minimum atomic E-state index is -1.71. The van der Waals surface area contributed by atoms with Gasteiger partial charge in [0.2, 0.25) is 11.6 Å². The zero-order valence-corrected chi connectivity index (χ0v) is 14.0. The summed E-state index contributed by atoms with van der Waals surface area (Å²) in [5, 5.41) is 3.32. The number of halogens is 6. The fourth-order valence-corrected chi connectivity index (χ4v) is 2.43. The lowest BCUT2D eigenvalue weighted by Crippen LogP contribution is -2.31. The van der Waals surface area contributed by atoms with Crippen molar-refractivity contribution < 1.29 is 27.1 Å². The lowest BCUT2D eigenvalue weighted by molar-refractivity contribution is -0.123. The molecule has 134 valence electrons. The van der Waals surface area contributed by atoms with E-state index in [0.717, 1.165) is 5.56 Å². The van der Waals surface area contributed by atoms with Crippen molar-refractivity contribution in [2.24, 2.45) is 0 Å². The van der Waals surface area contributed by atoms with Gasteiger partial charge in [-0.2, -0.15) is 8.78 Å².